The third kappa shape index (κ3) is 3.96. The van der Waals surface area contributed by atoms with Crippen LogP contribution in [0, 0.1) is 0 Å². The van der Waals surface area contributed by atoms with E-state index in [1.807, 2.05) is 19.6 Å². The number of nitrogens with zero attached hydrogens (tertiary/aromatic N) is 1. The number of thioether (sulfide) groups is 1. The van der Waals surface area contributed by atoms with Gasteiger partial charge in [-0.15, -0.1) is 11.8 Å². The summed E-state index contributed by atoms with van der Waals surface area (Å²) in [7, 11) is -3.73. The van der Waals surface area contributed by atoms with Crippen LogP contribution in [0.25, 0.3) is 0 Å². The maximum Gasteiger partial charge on any atom is 0.342 e. The van der Waals surface area contributed by atoms with Gasteiger partial charge in [0.2, 0.25) is 14.2 Å². The van der Waals surface area contributed by atoms with E-state index in [4.69, 9.17) is 4.43 Å². The van der Waals surface area contributed by atoms with Gasteiger partial charge in [0.15, 0.2) is 0 Å². The van der Waals surface area contributed by atoms with Gasteiger partial charge in [0.25, 0.3) is 0 Å². The van der Waals surface area contributed by atoms with Crippen molar-refractivity contribution in [2.45, 2.75) is 50.7 Å². The number of aldehydes is 1. The highest BCUT2D eigenvalue weighted by Gasteiger charge is 2.54. The molecule has 9 heteroatoms. The summed E-state index contributed by atoms with van der Waals surface area (Å²) in [6.45, 7) is 12.1. The Hall–Kier alpha value is -0.906. The first-order chi connectivity index (χ1) is 10.4. The number of fused-ring (bicyclic) bond motifs is 1. The normalized spacial score (nSPS) is 25.0. The quantitative estimate of drug-likeness (QED) is 0.448. The Morgan fingerprint density at radius 3 is 2.39 bits per heavy atom. The van der Waals surface area contributed by atoms with Crippen molar-refractivity contribution < 1.29 is 18.8 Å². The van der Waals surface area contributed by atoms with Crippen LogP contribution >= 0.6 is 11.8 Å². The van der Waals surface area contributed by atoms with Crippen molar-refractivity contribution >= 4 is 46.5 Å². The number of carbonyl (C=O) groups excluding carboxylic acids is 3. The third-order valence-corrected chi connectivity index (χ3v) is 6.60. The van der Waals surface area contributed by atoms with E-state index in [2.05, 4.69) is 24.6 Å². The van der Waals surface area contributed by atoms with E-state index in [-0.39, 0.29) is 23.0 Å². The van der Waals surface area contributed by atoms with Gasteiger partial charge in [0.1, 0.15) is 31.6 Å². The molecule has 0 aromatic carbocycles. The molecule has 2 atom stereocenters. The minimum Gasteiger partial charge on any atom is -0.515 e. The van der Waals surface area contributed by atoms with Crippen LogP contribution in [0.4, 0.5) is 0 Å². The van der Waals surface area contributed by atoms with E-state index in [0.29, 0.717) is 17.6 Å². The first-order valence-corrected chi connectivity index (χ1v) is 15.5. The van der Waals surface area contributed by atoms with Crippen molar-refractivity contribution in [2.75, 3.05) is 5.75 Å². The van der Waals surface area contributed by atoms with Gasteiger partial charge in [-0.2, -0.15) is 0 Å². The van der Waals surface area contributed by atoms with Crippen molar-refractivity contribution in [1.82, 2.24) is 9.88 Å². The Balaban J connectivity index is 2.27. The Morgan fingerprint density at radius 2 is 1.91 bits per heavy atom. The second-order valence-corrected chi connectivity index (χ2v) is 18.1. The van der Waals surface area contributed by atoms with Crippen molar-refractivity contribution in [2.24, 2.45) is 0 Å². The number of β-lactam (4-membered cyclic amide) rings is 1. The molecule has 0 saturated carbocycles. The molecule has 0 aromatic heterocycles. The van der Waals surface area contributed by atoms with E-state index >= 15 is 0 Å². The molecule has 6 nitrogen and oxygen atoms in total. The van der Waals surface area contributed by atoms with Crippen LogP contribution in [-0.4, -0.2) is 56.8 Å². The van der Waals surface area contributed by atoms with E-state index < -0.39 is 22.5 Å². The lowest BCUT2D eigenvalue weighted by molar-refractivity contribution is -0.148. The lowest BCUT2D eigenvalue weighted by atomic mass is 10.0. The fraction of sp³-hybridized carbons (Fsp3) is 0.643. The molecule has 0 radical (unpaired) electrons. The molecular formula is C14H24N2O4SSi2. The van der Waals surface area contributed by atoms with Crippen LogP contribution < -0.4 is 4.98 Å². The first kappa shape index (κ1) is 18.4. The van der Waals surface area contributed by atoms with Gasteiger partial charge in [-0.3, -0.25) is 14.5 Å². The Bertz CT molecular complexity index is 580. The Morgan fingerprint density at radius 1 is 1.30 bits per heavy atom. The van der Waals surface area contributed by atoms with Gasteiger partial charge in [0, 0.05) is 11.3 Å². The largest absolute Gasteiger partial charge is 0.515 e. The molecule has 23 heavy (non-hydrogen) atoms. The molecule has 2 heterocycles. The standard InChI is InChI=1S/C14H24N2O4SSi2/c1-22(2,3)15-10-12(18)16-11(14(19)20-23(4,5)6)9(7-17)8-21-13(10)16/h7,10,13,15H,8H2,1-6H3. The SMILES string of the molecule is C[Si](C)(C)NC1C(=O)N2C(C(=O)O[Si](C)(C)C)=C(C=O)CSC12. The van der Waals surface area contributed by atoms with Crippen LogP contribution in [0.15, 0.2) is 11.3 Å². The fourth-order valence-electron chi connectivity index (χ4n) is 2.52. The monoisotopic (exact) mass is 372 g/mol. The van der Waals surface area contributed by atoms with E-state index in [1.54, 1.807) is 0 Å². The van der Waals surface area contributed by atoms with Crippen molar-refractivity contribution in [3.63, 3.8) is 0 Å². The number of nitrogens with one attached hydrogen (secondary N) is 1. The molecule has 1 amide bonds. The van der Waals surface area contributed by atoms with Crippen molar-refractivity contribution in [1.29, 1.82) is 0 Å². The van der Waals surface area contributed by atoms with Crippen LogP contribution in [0.5, 0.6) is 0 Å². The van der Waals surface area contributed by atoms with E-state index in [9.17, 15) is 14.4 Å². The highest BCUT2D eigenvalue weighted by atomic mass is 32.2. The summed E-state index contributed by atoms with van der Waals surface area (Å²) in [6.07, 6.45) is 0.663. The summed E-state index contributed by atoms with van der Waals surface area (Å²) in [5.74, 6) is -0.263. The maximum absolute atomic E-state index is 12.5. The van der Waals surface area contributed by atoms with Crippen molar-refractivity contribution in [3.8, 4) is 0 Å². The zero-order valence-corrected chi connectivity index (χ0v) is 17.2. The molecule has 2 unspecified atom stereocenters. The van der Waals surface area contributed by atoms with Crippen LogP contribution in [0.2, 0.25) is 39.3 Å². The zero-order chi connectivity index (χ0) is 17.6. The Labute approximate surface area is 143 Å². The van der Waals surface area contributed by atoms with Crippen LogP contribution in [0.3, 0.4) is 0 Å². The minimum atomic E-state index is -2.10. The topological polar surface area (TPSA) is 75.7 Å². The number of hydrogen-bond donors (Lipinski definition) is 1. The van der Waals surface area contributed by atoms with Gasteiger partial charge in [-0.25, -0.2) is 4.79 Å². The molecule has 128 valence electrons. The lowest BCUT2D eigenvalue weighted by Crippen LogP contribution is -2.73. The van der Waals surface area contributed by atoms with Gasteiger partial charge >= 0.3 is 5.97 Å². The highest BCUT2D eigenvalue weighted by Crippen LogP contribution is 2.40. The average molecular weight is 373 g/mol. The van der Waals surface area contributed by atoms with Crippen LogP contribution in [-0.2, 0) is 18.8 Å². The average Bonchev–Trinajstić information content (AvgIpc) is 2.40. The first-order valence-electron chi connectivity index (χ1n) is 7.58. The fourth-order valence-corrected chi connectivity index (χ4v) is 5.79. The number of rotatable bonds is 5. The van der Waals surface area contributed by atoms with Crippen molar-refractivity contribution in [3.05, 3.63) is 11.3 Å². The second-order valence-electron chi connectivity index (χ2n) is 7.78. The summed E-state index contributed by atoms with van der Waals surface area (Å²) >= 11 is 1.52. The number of carbonyl (C=O) groups is 3. The predicted molar refractivity (Wildman–Crippen MR) is 95.9 cm³/mol. The highest BCUT2D eigenvalue weighted by molar-refractivity contribution is 8.00. The maximum atomic E-state index is 12.5. The third-order valence-electron chi connectivity index (χ3n) is 3.32. The van der Waals surface area contributed by atoms with E-state index in [1.165, 1.54) is 16.7 Å². The lowest BCUT2D eigenvalue weighted by Gasteiger charge is -2.51. The molecule has 2 aliphatic heterocycles. The summed E-state index contributed by atoms with van der Waals surface area (Å²) in [4.78, 5) is 41.2. The molecule has 1 N–H and O–H groups in total. The number of hydrogen-bond acceptors (Lipinski definition) is 6. The van der Waals surface area contributed by atoms with Crippen LogP contribution in [0.1, 0.15) is 0 Å². The van der Waals surface area contributed by atoms with Gasteiger partial charge in [0.05, 0.1) is 0 Å². The zero-order valence-electron chi connectivity index (χ0n) is 14.4. The second kappa shape index (κ2) is 6.19. The summed E-state index contributed by atoms with van der Waals surface area (Å²) in [5, 5.41) is -0.137. The smallest absolute Gasteiger partial charge is 0.342 e. The van der Waals surface area contributed by atoms with Gasteiger partial charge in [-0.05, 0) is 19.6 Å². The molecular weight excluding hydrogens is 348 g/mol. The summed E-state index contributed by atoms with van der Waals surface area (Å²) in [6, 6.07) is -0.283. The molecule has 0 spiro atoms. The predicted octanol–water partition coefficient (Wildman–Crippen LogP) is 1.53. The van der Waals surface area contributed by atoms with Gasteiger partial charge < -0.3 is 9.41 Å². The summed E-state index contributed by atoms with van der Waals surface area (Å²) in [5.41, 5.74) is 0.485. The Kier molecular flexibility index (Phi) is 4.96. The van der Waals surface area contributed by atoms with Gasteiger partial charge in [-0.1, -0.05) is 19.6 Å². The molecule has 0 aromatic rings. The molecule has 1 saturated heterocycles. The molecule has 1 fully saturated rings. The summed E-state index contributed by atoms with van der Waals surface area (Å²) < 4.78 is 5.51. The minimum absolute atomic E-state index is 0.137. The number of amides is 1. The molecule has 2 aliphatic rings. The molecule has 0 aliphatic carbocycles. The van der Waals surface area contributed by atoms with E-state index in [0.717, 1.165) is 0 Å². The molecule has 2 rings (SSSR count). The molecule has 0 bridgehead atoms.